The average molecular weight is 322 g/mol. The van der Waals surface area contributed by atoms with Crippen molar-refractivity contribution in [2.24, 2.45) is 0 Å². The van der Waals surface area contributed by atoms with Crippen molar-refractivity contribution < 1.29 is 9.53 Å². The number of nitrogens with zero attached hydrogens (tertiary/aromatic N) is 1. The maximum atomic E-state index is 12.2. The highest BCUT2D eigenvalue weighted by molar-refractivity contribution is 5.91. The number of rotatable bonds is 4. The number of esters is 1. The number of H-pyrrole nitrogens is 1. The van der Waals surface area contributed by atoms with Crippen LogP contribution in [0.2, 0.25) is 0 Å². The lowest BCUT2D eigenvalue weighted by atomic mass is 10.2. The lowest BCUT2D eigenvalue weighted by Gasteiger charge is -2.11. The molecule has 1 heterocycles. The second-order valence-electron chi connectivity index (χ2n) is 5.10. The van der Waals surface area contributed by atoms with Crippen molar-refractivity contribution >= 4 is 5.97 Å². The highest BCUT2D eigenvalue weighted by Gasteiger charge is 2.11. The molecule has 0 aliphatic carbocycles. The lowest BCUT2D eigenvalue weighted by molar-refractivity contribution is 0.0733. The Bertz CT molecular complexity index is 974. The quantitative estimate of drug-likeness (QED) is 0.587. The number of carbonyl (C=O) groups is 1. The zero-order chi connectivity index (χ0) is 16.9. The van der Waals surface area contributed by atoms with Crippen LogP contribution in [-0.4, -0.2) is 15.5 Å². The largest absolute Gasteiger partial charge is 0.423 e. The van der Waals surface area contributed by atoms with Gasteiger partial charge >= 0.3 is 11.7 Å². The van der Waals surface area contributed by atoms with Crippen molar-refractivity contribution in [3.63, 3.8) is 0 Å². The van der Waals surface area contributed by atoms with Gasteiger partial charge in [-0.25, -0.2) is 9.59 Å². The zero-order valence-electron chi connectivity index (χ0n) is 12.6. The molecule has 6 nitrogen and oxygen atoms in total. The SMILES string of the molecule is O=C(Oc1ccccc1Cn1ccc(=O)[nH]c1=O)c1ccccc1. The van der Waals surface area contributed by atoms with Crippen molar-refractivity contribution in [3.05, 3.63) is 98.8 Å². The third-order valence-electron chi connectivity index (χ3n) is 3.42. The number of aromatic amines is 1. The fourth-order valence-corrected chi connectivity index (χ4v) is 2.22. The van der Waals surface area contributed by atoms with E-state index >= 15 is 0 Å². The van der Waals surface area contributed by atoms with Crippen LogP contribution in [0.1, 0.15) is 15.9 Å². The standard InChI is InChI=1S/C18H14N2O4/c21-16-10-11-20(18(23)19-16)12-14-8-4-5-9-15(14)24-17(22)13-6-2-1-3-7-13/h1-11H,12H2,(H,19,21,23). The summed E-state index contributed by atoms with van der Waals surface area (Å²) in [5.41, 5.74) is 0.108. The van der Waals surface area contributed by atoms with Crippen molar-refractivity contribution in [2.75, 3.05) is 0 Å². The summed E-state index contributed by atoms with van der Waals surface area (Å²) >= 11 is 0. The Morgan fingerprint density at radius 1 is 0.958 bits per heavy atom. The van der Waals surface area contributed by atoms with Crippen LogP contribution in [0.3, 0.4) is 0 Å². The van der Waals surface area contributed by atoms with Gasteiger partial charge in [-0.1, -0.05) is 36.4 Å². The molecule has 0 amide bonds. The Morgan fingerprint density at radius 2 is 1.67 bits per heavy atom. The van der Waals surface area contributed by atoms with Crippen molar-refractivity contribution in [2.45, 2.75) is 6.54 Å². The molecule has 0 radical (unpaired) electrons. The second-order valence-corrected chi connectivity index (χ2v) is 5.10. The van der Waals surface area contributed by atoms with Crippen LogP contribution < -0.4 is 16.0 Å². The van der Waals surface area contributed by atoms with Gasteiger partial charge < -0.3 is 4.74 Å². The van der Waals surface area contributed by atoms with Gasteiger partial charge in [0, 0.05) is 17.8 Å². The Kier molecular flexibility index (Phi) is 4.38. The summed E-state index contributed by atoms with van der Waals surface area (Å²) in [4.78, 5) is 37.3. The van der Waals surface area contributed by atoms with Crippen LogP contribution in [0.4, 0.5) is 0 Å². The van der Waals surface area contributed by atoms with Gasteiger partial charge in [-0.2, -0.15) is 0 Å². The van der Waals surface area contributed by atoms with Crippen LogP contribution in [0.5, 0.6) is 5.75 Å². The number of aromatic nitrogens is 2. The predicted molar refractivity (Wildman–Crippen MR) is 88.3 cm³/mol. The van der Waals surface area contributed by atoms with E-state index < -0.39 is 17.2 Å². The summed E-state index contributed by atoms with van der Waals surface area (Å²) in [6.45, 7) is 0.174. The minimum absolute atomic E-state index is 0.174. The molecular weight excluding hydrogens is 308 g/mol. The van der Waals surface area contributed by atoms with Crippen LogP contribution >= 0.6 is 0 Å². The number of nitrogens with one attached hydrogen (secondary N) is 1. The van der Waals surface area contributed by atoms with Crippen LogP contribution in [-0.2, 0) is 6.54 Å². The number of para-hydroxylation sites is 1. The second kappa shape index (κ2) is 6.78. The monoisotopic (exact) mass is 322 g/mol. The van der Waals surface area contributed by atoms with Gasteiger partial charge in [0.05, 0.1) is 12.1 Å². The molecule has 3 rings (SSSR count). The highest BCUT2D eigenvalue weighted by Crippen LogP contribution is 2.20. The number of carbonyl (C=O) groups excluding carboxylic acids is 1. The third kappa shape index (κ3) is 3.49. The van der Waals surface area contributed by atoms with E-state index in [4.69, 9.17) is 4.74 Å². The van der Waals surface area contributed by atoms with Gasteiger partial charge in [-0.15, -0.1) is 0 Å². The van der Waals surface area contributed by atoms with Crippen LogP contribution in [0, 0.1) is 0 Å². The molecule has 0 bridgehead atoms. The molecule has 0 fully saturated rings. The minimum Gasteiger partial charge on any atom is -0.423 e. The van der Waals surface area contributed by atoms with Gasteiger partial charge in [0.1, 0.15) is 5.75 Å². The van der Waals surface area contributed by atoms with E-state index in [0.717, 1.165) is 0 Å². The molecule has 6 heteroatoms. The predicted octanol–water partition coefficient (Wildman–Crippen LogP) is 1.80. The fraction of sp³-hybridized carbons (Fsp3) is 0.0556. The summed E-state index contributed by atoms with van der Waals surface area (Å²) in [6.07, 6.45) is 1.40. The summed E-state index contributed by atoms with van der Waals surface area (Å²) in [6, 6.07) is 16.9. The first-order valence-corrected chi connectivity index (χ1v) is 7.28. The average Bonchev–Trinajstić information content (AvgIpc) is 2.59. The third-order valence-corrected chi connectivity index (χ3v) is 3.42. The molecule has 0 saturated carbocycles. The van der Waals surface area contributed by atoms with E-state index in [2.05, 4.69) is 4.98 Å². The van der Waals surface area contributed by atoms with E-state index in [1.54, 1.807) is 48.5 Å². The molecule has 1 aromatic heterocycles. The lowest BCUT2D eigenvalue weighted by Crippen LogP contribution is -2.29. The number of ether oxygens (including phenoxy) is 1. The van der Waals surface area contributed by atoms with Gasteiger partial charge in [0.25, 0.3) is 5.56 Å². The zero-order valence-corrected chi connectivity index (χ0v) is 12.6. The van der Waals surface area contributed by atoms with Gasteiger partial charge in [-0.05, 0) is 18.2 Å². The Hall–Kier alpha value is -3.41. The van der Waals surface area contributed by atoms with E-state index in [-0.39, 0.29) is 6.54 Å². The molecule has 3 aromatic rings. The first-order valence-electron chi connectivity index (χ1n) is 7.28. The number of benzene rings is 2. The summed E-state index contributed by atoms with van der Waals surface area (Å²) in [5.74, 6) is -0.110. The molecule has 0 atom stereocenters. The summed E-state index contributed by atoms with van der Waals surface area (Å²) in [5, 5.41) is 0. The van der Waals surface area contributed by atoms with Gasteiger partial charge in [0.15, 0.2) is 0 Å². The molecule has 0 spiro atoms. The van der Waals surface area contributed by atoms with E-state index in [1.165, 1.54) is 16.8 Å². The van der Waals surface area contributed by atoms with Crippen LogP contribution in [0.25, 0.3) is 0 Å². The number of hydrogen-bond acceptors (Lipinski definition) is 4. The molecule has 1 N–H and O–H groups in total. The molecular formula is C18H14N2O4. The first-order chi connectivity index (χ1) is 11.6. The van der Waals surface area contributed by atoms with E-state index in [1.807, 2.05) is 6.07 Å². The Balaban J connectivity index is 1.87. The maximum absolute atomic E-state index is 12.2. The van der Waals surface area contributed by atoms with E-state index in [0.29, 0.717) is 16.9 Å². The Morgan fingerprint density at radius 3 is 2.42 bits per heavy atom. The smallest absolute Gasteiger partial charge is 0.343 e. The number of hydrogen-bond donors (Lipinski definition) is 1. The summed E-state index contributed by atoms with van der Waals surface area (Å²) in [7, 11) is 0. The summed E-state index contributed by atoms with van der Waals surface area (Å²) < 4.78 is 6.77. The molecule has 0 aliphatic heterocycles. The van der Waals surface area contributed by atoms with Crippen molar-refractivity contribution in [1.29, 1.82) is 0 Å². The molecule has 24 heavy (non-hydrogen) atoms. The highest BCUT2D eigenvalue weighted by atomic mass is 16.5. The van der Waals surface area contributed by atoms with Gasteiger partial charge in [-0.3, -0.25) is 14.3 Å². The van der Waals surface area contributed by atoms with E-state index in [9.17, 15) is 14.4 Å². The molecule has 0 saturated heterocycles. The molecule has 2 aromatic carbocycles. The topological polar surface area (TPSA) is 81.2 Å². The normalized spacial score (nSPS) is 10.3. The molecule has 120 valence electrons. The van der Waals surface area contributed by atoms with Gasteiger partial charge in [0.2, 0.25) is 0 Å². The Labute approximate surface area is 137 Å². The maximum Gasteiger partial charge on any atom is 0.343 e. The van der Waals surface area contributed by atoms with Crippen molar-refractivity contribution in [1.82, 2.24) is 9.55 Å². The molecule has 0 aliphatic rings. The van der Waals surface area contributed by atoms with Crippen LogP contribution in [0.15, 0.2) is 76.4 Å². The van der Waals surface area contributed by atoms with Crippen molar-refractivity contribution in [3.8, 4) is 5.75 Å². The minimum atomic E-state index is -0.522. The first kappa shape index (κ1) is 15.5. The fourth-order valence-electron chi connectivity index (χ4n) is 2.22. The molecule has 0 unspecified atom stereocenters.